The second-order valence-corrected chi connectivity index (χ2v) is 8.83. The van der Waals surface area contributed by atoms with E-state index in [0.29, 0.717) is 4.48 Å². The normalized spacial score (nSPS) is 11.2. The molecule has 0 bridgehead atoms. The van der Waals surface area contributed by atoms with Gasteiger partial charge in [-0.2, -0.15) is 0 Å². The molecule has 0 saturated heterocycles. The topological polar surface area (TPSA) is 29.1 Å². The summed E-state index contributed by atoms with van der Waals surface area (Å²) < 4.78 is 2.49. The molecule has 0 amide bonds. The lowest BCUT2D eigenvalue weighted by molar-refractivity contribution is -0.394. The highest BCUT2D eigenvalue weighted by molar-refractivity contribution is 5.70. The molecule has 0 atom stereocenters. The highest BCUT2D eigenvalue weighted by atomic mass is 15.3. The van der Waals surface area contributed by atoms with Crippen molar-refractivity contribution in [3.8, 4) is 0 Å². The Morgan fingerprint density at radius 2 is 1.09 bits per heavy atom. The fraction of sp³-hybridized carbons (Fsp3) is 0.138. The van der Waals surface area contributed by atoms with Crippen molar-refractivity contribution >= 4 is 46.5 Å². The quantitative estimate of drug-likeness (QED) is 0.178. The number of nitrogens with zero attached hydrogens (tertiary/aromatic N) is 3. The van der Waals surface area contributed by atoms with Crippen LogP contribution in [0.4, 0.5) is 39.8 Å². The van der Waals surface area contributed by atoms with Crippen molar-refractivity contribution in [1.29, 1.82) is 0 Å². The summed E-state index contributed by atoms with van der Waals surface area (Å²) in [6, 6.07) is 33.6. The monoisotopic (exact) mass is 435 g/mol. The van der Waals surface area contributed by atoms with Gasteiger partial charge < -0.3 is 10.6 Å². The highest BCUT2D eigenvalue weighted by Gasteiger charge is 2.21. The average Bonchev–Trinajstić information content (AvgIpc) is 2.82. The molecule has 4 heteroatoms. The number of hydrogen-bond donors (Lipinski definition) is 1. The van der Waals surface area contributed by atoms with Gasteiger partial charge in [0.15, 0.2) is 0 Å². The van der Waals surface area contributed by atoms with Crippen molar-refractivity contribution in [2.75, 3.05) is 26.5 Å². The number of aryl methyl sites for hydroxylation is 1. The van der Waals surface area contributed by atoms with Gasteiger partial charge in [0.1, 0.15) is 25.1 Å². The predicted molar refractivity (Wildman–Crippen MR) is 143 cm³/mol. The third-order valence-corrected chi connectivity index (χ3v) is 5.90. The van der Waals surface area contributed by atoms with Crippen molar-refractivity contribution < 1.29 is 4.58 Å². The van der Waals surface area contributed by atoms with E-state index in [2.05, 4.69) is 106 Å². The van der Waals surface area contributed by atoms with E-state index in [-0.39, 0.29) is 0 Å². The fourth-order valence-corrected chi connectivity index (χ4v) is 3.70. The summed E-state index contributed by atoms with van der Waals surface area (Å²) in [5.41, 5.74) is 8.76. The largest absolute Gasteiger partial charge is 0.658 e. The molecule has 0 fully saturated rings. The first-order valence-corrected chi connectivity index (χ1v) is 11.1. The van der Waals surface area contributed by atoms with Crippen LogP contribution >= 0.6 is 0 Å². The summed E-state index contributed by atoms with van der Waals surface area (Å²) in [4.78, 5) is 0. The summed E-state index contributed by atoms with van der Waals surface area (Å²) in [6.45, 7) is 6.00. The van der Waals surface area contributed by atoms with Crippen molar-refractivity contribution in [3.05, 3.63) is 108 Å². The van der Waals surface area contributed by atoms with E-state index in [0.717, 1.165) is 28.4 Å². The van der Waals surface area contributed by atoms with Crippen LogP contribution in [0.15, 0.2) is 97.1 Å². The number of nitrogens with one attached hydrogen (secondary N) is 1. The first-order chi connectivity index (χ1) is 15.8. The molecular formula is C29H31N4+. The summed E-state index contributed by atoms with van der Waals surface area (Å²) in [5.74, 6) is 0. The Balaban J connectivity index is 1.45. The molecule has 4 aromatic carbocycles. The minimum Gasteiger partial charge on any atom is -0.658 e. The third-order valence-electron chi connectivity index (χ3n) is 5.90. The van der Waals surface area contributed by atoms with Gasteiger partial charge in [0.2, 0.25) is 5.69 Å². The van der Waals surface area contributed by atoms with Gasteiger partial charge in [-0.3, -0.25) is 4.48 Å². The average molecular weight is 436 g/mol. The molecule has 0 unspecified atom stereocenters. The van der Waals surface area contributed by atoms with E-state index < -0.39 is 0 Å². The van der Waals surface area contributed by atoms with Gasteiger partial charge in [-0.05, 0) is 43.3 Å². The lowest BCUT2D eigenvalue weighted by atomic mass is 10.1. The third kappa shape index (κ3) is 5.30. The van der Waals surface area contributed by atoms with Gasteiger partial charge in [-0.1, -0.05) is 42.0 Å². The Morgan fingerprint density at radius 3 is 1.58 bits per heavy atom. The number of anilines is 2. The van der Waals surface area contributed by atoms with Gasteiger partial charge in [0, 0.05) is 35.6 Å². The van der Waals surface area contributed by atoms with Crippen molar-refractivity contribution in [2.45, 2.75) is 6.92 Å². The second kappa shape index (κ2) is 9.31. The predicted octanol–water partition coefficient (Wildman–Crippen LogP) is 7.95. The summed E-state index contributed by atoms with van der Waals surface area (Å²) in [5, 5.41) is 8.20. The van der Waals surface area contributed by atoms with Crippen LogP contribution < -0.4 is 9.80 Å². The maximum atomic E-state index is 4.74. The second-order valence-electron chi connectivity index (χ2n) is 8.83. The minimum atomic E-state index is 0.648. The van der Waals surface area contributed by atoms with Crippen molar-refractivity contribution in [3.63, 3.8) is 0 Å². The summed E-state index contributed by atoms with van der Waals surface area (Å²) >= 11 is 0. The number of rotatable bonds is 7. The molecule has 0 radical (unpaired) electrons. The zero-order valence-corrected chi connectivity index (χ0v) is 19.8. The molecule has 0 aromatic heterocycles. The molecule has 166 valence electrons. The van der Waals surface area contributed by atoms with Crippen LogP contribution in [0.1, 0.15) is 5.56 Å². The number of benzene rings is 4. The van der Waals surface area contributed by atoms with Crippen LogP contribution in [-0.2, 0) is 0 Å². The number of hydrogen-bond acceptors (Lipinski definition) is 1. The van der Waals surface area contributed by atoms with Crippen LogP contribution in [0, 0.1) is 6.92 Å². The summed E-state index contributed by atoms with van der Waals surface area (Å²) in [7, 11) is 6.32. The Hall–Kier alpha value is -3.89. The maximum Gasteiger partial charge on any atom is 0.204 e. The smallest absolute Gasteiger partial charge is 0.204 e. The highest BCUT2D eigenvalue weighted by Crippen LogP contribution is 2.36. The maximum absolute atomic E-state index is 4.74. The van der Waals surface area contributed by atoms with Gasteiger partial charge >= 0.3 is 0 Å². The van der Waals surface area contributed by atoms with Gasteiger partial charge in [0.25, 0.3) is 0 Å². The Kier molecular flexibility index (Phi) is 6.29. The molecule has 1 N–H and O–H groups in total. The van der Waals surface area contributed by atoms with Gasteiger partial charge in [0.05, 0.1) is 14.1 Å². The molecule has 0 aliphatic carbocycles. The Labute approximate surface area is 197 Å². The van der Waals surface area contributed by atoms with Crippen molar-refractivity contribution in [2.24, 2.45) is 0 Å². The van der Waals surface area contributed by atoms with Crippen LogP contribution in [0.5, 0.6) is 0 Å². The lowest BCUT2D eigenvalue weighted by Crippen LogP contribution is -2.34. The minimum absolute atomic E-state index is 0.648. The standard InChI is InChI=1S/C29H31N4/c1-22-6-8-23(9-7-22)30-25-12-18-28(19-13-25)33(4,5)29-20-14-26(15-21-29)31-24-10-16-27(17-11-24)32(2)3/h6-21,30H,2H2,1,3-5H3/q+1. The van der Waals surface area contributed by atoms with Crippen molar-refractivity contribution in [1.82, 2.24) is 4.48 Å². The van der Waals surface area contributed by atoms with Gasteiger partial charge in [-0.15, -0.1) is 11.4 Å². The molecule has 33 heavy (non-hydrogen) atoms. The first-order valence-electron chi connectivity index (χ1n) is 11.1. The van der Waals surface area contributed by atoms with E-state index in [9.17, 15) is 0 Å². The zero-order chi connectivity index (χ0) is 23.4. The van der Waals surface area contributed by atoms with E-state index in [1.165, 1.54) is 16.9 Å². The van der Waals surface area contributed by atoms with E-state index in [1.807, 2.05) is 35.9 Å². The fourth-order valence-electron chi connectivity index (χ4n) is 3.70. The van der Waals surface area contributed by atoms with E-state index in [1.54, 1.807) is 0 Å². The van der Waals surface area contributed by atoms with E-state index in [4.69, 9.17) is 5.32 Å². The van der Waals surface area contributed by atoms with Crippen LogP contribution in [0.3, 0.4) is 0 Å². The Morgan fingerprint density at radius 1 is 0.667 bits per heavy atom. The molecule has 0 aliphatic heterocycles. The molecule has 0 saturated carbocycles. The Bertz CT molecular complexity index is 1220. The molecule has 4 aromatic rings. The van der Waals surface area contributed by atoms with Gasteiger partial charge in [-0.25, -0.2) is 4.58 Å². The molecular weight excluding hydrogens is 404 g/mol. The molecule has 0 heterocycles. The summed E-state index contributed by atoms with van der Waals surface area (Å²) in [6.07, 6.45) is 0. The van der Waals surface area contributed by atoms with Crippen LogP contribution in [0.25, 0.3) is 5.32 Å². The number of quaternary nitrogens is 1. The van der Waals surface area contributed by atoms with Crippen LogP contribution in [-0.4, -0.2) is 32.4 Å². The molecule has 4 nitrogen and oxygen atoms in total. The lowest BCUT2D eigenvalue weighted by Gasteiger charge is -2.30. The molecule has 0 aliphatic rings. The SMILES string of the molecule is C=[N+](C)c1ccc([N-]c2ccc([N+](C)(C)c3ccc(Nc4ccc(C)cc4)cc3)cc2)cc1. The van der Waals surface area contributed by atoms with E-state index >= 15 is 0 Å². The molecule has 4 rings (SSSR count). The zero-order valence-electron chi connectivity index (χ0n) is 19.8. The van der Waals surface area contributed by atoms with Crippen LogP contribution in [0.2, 0.25) is 0 Å². The first kappa shape index (κ1) is 22.3. The molecule has 0 spiro atoms.